The van der Waals surface area contributed by atoms with Crippen molar-refractivity contribution < 1.29 is 0 Å². The molecule has 1 N–H and O–H groups in total. The van der Waals surface area contributed by atoms with E-state index in [-0.39, 0.29) is 0 Å². The van der Waals surface area contributed by atoms with Crippen LogP contribution in [0, 0.1) is 6.92 Å². The molecule has 0 aliphatic heterocycles. The Hall–Kier alpha value is -1.72. The van der Waals surface area contributed by atoms with E-state index in [1.54, 1.807) is 11.3 Å². The van der Waals surface area contributed by atoms with Gasteiger partial charge < -0.3 is 5.32 Å². The number of hydrogen-bond donors (Lipinski definition) is 1. The number of aromatic nitrogens is 3. The van der Waals surface area contributed by atoms with Gasteiger partial charge in [0.15, 0.2) is 5.65 Å². The van der Waals surface area contributed by atoms with Gasteiger partial charge >= 0.3 is 0 Å². The Morgan fingerprint density at radius 3 is 3.05 bits per heavy atom. The molecule has 3 heterocycles. The van der Waals surface area contributed by atoms with Crippen LogP contribution < -0.4 is 5.32 Å². The van der Waals surface area contributed by atoms with E-state index in [0.717, 1.165) is 36.2 Å². The molecule has 0 fully saturated rings. The summed E-state index contributed by atoms with van der Waals surface area (Å²) in [6.45, 7) is 3.86. The molecule has 0 atom stereocenters. The van der Waals surface area contributed by atoms with E-state index in [4.69, 9.17) is 0 Å². The van der Waals surface area contributed by atoms with E-state index in [9.17, 15) is 0 Å². The van der Waals surface area contributed by atoms with Crippen molar-refractivity contribution >= 4 is 22.4 Å². The van der Waals surface area contributed by atoms with E-state index < -0.39 is 0 Å². The smallest absolute Gasteiger partial charge is 0.157 e. The van der Waals surface area contributed by atoms with E-state index in [2.05, 4.69) is 38.3 Å². The van der Waals surface area contributed by atoms with Crippen LogP contribution in [0.2, 0.25) is 0 Å². The summed E-state index contributed by atoms with van der Waals surface area (Å²) in [6, 6.07) is 4.36. The average molecular weight is 286 g/mol. The number of hydrogen-bond acceptors (Lipinski definition) is 4. The van der Waals surface area contributed by atoms with Crippen LogP contribution in [-0.2, 0) is 20.0 Å². The Kier molecular flexibility index (Phi) is 3.80. The molecule has 5 heteroatoms. The van der Waals surface area contributed by atoms with Crippen molar-refractivity contribution in [3.8, 4) is 0 Å². The second kappa shape index (κ2) is 5.73. The predicted molar refractivity (Wildman–Crippen MR) is 83.0 cm³/mol. The zero-order valence-electron chi connectivity index (χ0n) is 11.8. The highest BCUT2D eigenvalue weighted by atomic mass is 32.1. The van der Waals surface area contributed by atoms with Gasteiger partial charge in [0.25, 0.3) is 0 Å². The molecule has 0 saturated carbocycles. The largest absolute Gasteiger partial charge is 0.312 e. The maximum atomic E-state index is 4.49. The summed E-state index contributed by atoms with van der Waals surface area (Å²) in [5.41, 5.74) is 4.60. The van der Waals surface area contributed by atoms with Crippen molar-refractivity contribution in [3.63, 3.8) is 0 Å². The van der Waals surface area contributed by atoms with Crippen molar-refractivity contribution in [2.24, 2.45) is 7.05 Å². The van der Waals surface area contributed by atoms with E-state index in [1.165, 1.54) is 11.1 Å². The third kappa shape index (κ3) is 2.73. The molecule has 0 radical (unpaired) electrons. The lowest BCUT2D eigenvalue weighted by molar-refractivity contribution is 0.686. The maximum absolute atomic E-state index is 4.49. The molecule has 3 aromatic rings. The number of nitrogens with one attached hydrogen (secondary N) is 1. The van der Waals surface area contributed by atoms with E-state index in [1.807, 2.05) is 24.9 Å². The molecule has 0 saturated heterocycles. The molecule has 0 amide bonds. The Balaban J connectivity index is 1.61. The first kappa shape index (κ1) is 13.3. The van der Waals surface area contributed by atoms with Crippen molar-refractivity contribution in [3.05, 3.63) is 45.9 Å². The van der Waals surface area contributed by atoms with Crippen LogP contribution in [0.4, 0.5) is 0 Å². The minimum Gasteiger partial charge on any atom is -0.312 e. The molecular formula is C15H18N4S. The second-order valence-electron chi connectivity index (χ2n) is 4.98. The molecule has 0 unspecified atom stereocenters. The minimum absolute atomic E-state index is 0.849. The molecular weight excluding hydrogens is 268 g/mol. The SMILES string of the molecule is Cc1nn(C)c2ncc(CNCCc3ccsc3)cc12. The summed E-state index contributed by atoms with van der Waals surface area (Å²) in [4.78, 5) is 4.49. The molecule has 0 spiro atoms. The molecule has 0 aliphatic carbocycles. The van der Waals surface area contributed by atoms with Gasteiger partial charge in [-0.2, -0.15) is 16.4 Å². The number of aryl methyl sites for hydroxylation is 2. The zero-order chi connectivity index (χ0) is 13.9. The summed E-state index contributed by atoms with van der Waals surface area (Å²) < 4.78 is 1.83. The van der Waals surface area contributed by atoms with Gasteiger partial charge in [-0.3, -0.25) is 4.68 Å². The van der Waals surface area contributed by atoms with Crippen molar-refractivity contribution in [1.29, 1.82) is 0 Å². The third-order valence-corrected chi connectivity index (χ3v) is 4.15. The van der Waals surface area contributed by atoms with Crippen LogP contribution in [0.5, 0.6) is 0 Å². The maximum Gasteiger partial charge on any atom is 0.157 e. The van der Waals surface area contributed by atoms with Crippen LogP contribution in [0.3, 0.4) is 0 Å². The zero-order valence-corrected chi connectivity index (χ0v) is 12.6. The van der Waals surface area contributed by atoms with Crippen molar-refractivity contribution in [1.82, 2.24) is 20.1 Å². The van der Waals surface area contributed by atoms with Gasteiger partial charge in [-0.15, -0.1) is 0 Å². The molecule has 3 rings (SSSR count). The van der Waals surface area contributed by atoms with E-state index >= 15 is 0 Å². The number of fused-ring (bicyclic) bond motifs is 1. The van der Waals surface area contributed by atoms with Gasteiger partial charge in [0.2, 0.25) is 0 Å². The first-order valence-electron chi connectivity index (χ1n) is 6.74. The topological polar surface area (TPSA) is 42.7 Å². The fourth-order valence-electron chi connectivity index (χ4n) is 2.35. The summed E-state index contributed by atoms with van der Waals surface area (Å²) in [5.74, 6) is 0. The number of thiophene rings is 1. The molecule has 3 aromatic heterocycles. The average Bonchev–Trinajstić information content (AvgIpc) is 3.05. The van der Waals surface area contributed by atoms with Gasteiger partial charge in [-0.05, 0) is 53.9 Å². The van der Waals surface area contributed by atoms with Crippen LogP contribution in [-0.4, -0.2) is 21.3 Å². The second-order valence-corrected chi connectivity index (χ2v) is 5.76. The van der Waals surface area contributed by atoms with Crippen molar-refractivity contribution in [2.75, 3.05) is 6.54 Å². The lowest BCUT2D eigenvalue weighted by Crippen LogP contribution is -2.16. The predicted octanol–water partition coefficient (Wildman–Crippen LogP) is 2.67. The monoisotopic (exact) mass is 286 g/mol. The summed E-state index contributed by atoms with van der Waals surface area (Å²) >= 11 is 1.75. The lowest BCUT2D eigenvalue weighted by Gasteiger charge is -2.04. The first-order valence-corrected chi connectivity index (χ1v) is 7.68. The summed E-state index contributed by atoms with van der Waals surface area (Å²) in [6.07, 6.45) is 3.01. The molecule has 4 nitrogen and oxygen atoms in total. The lowest BCUT2D eigenvalue weighted by atomic mass is 10.2. The third-order valence-electron chi connectivity index (χ3n) is 3.42. The van der Waals surface area contributed by atoms with Gasteiger partial charge in [0, 0.05) is 25.2 Å². The first-order chi connectivity index (χ1) is 9.74. The highest BCUT2D eigenvalue weighted by Gasteiger charge is 2.06. The van der Waals surface area contributed by atoms with Crippen LogP contribution in [0.15, 0.2) is 29.1 Å². The normalized spacial score (nSPS) is 11.3. The van der Waals surface area contributed by atoms with Crippen molar-refractivity contribution in [2.45, 2.75) is 19.9 Å². The Morgan fingerprint density at radius 2 is 2.25 bits per heavy atom. The Labute approximate surface area is 122 Å². The van der Waals surface area contributed by atoms with E-state index in [0.29, 0.717) is 0 Å². The van der Waals surface area contributed by atoms with Gasteiger partial charge in [-0.1, -0.05) is 0 Å². The number of nitrogens with zero attached hydrogens (tertiary/aromatic N) is 3. The summed E-state index contributed by atoms with van der Waals surface area (Å²) in [5, 5.41) is 13.3. The molecule has 0 bridgehead atoms. The molecule has 20 heavy (non-hydrogen) atoms. The summed E-state index contributed by atoms with van der Waals surface area (Å²) in [7, 11) is 1.93. The number of rotatable bonds is 5. The highest BCUT2D eigenvalue weighted by Crippen LogP contribution is 2.16. The fourth-order valence-corrected chi connectivity index (χ4v) is 3.05. The highest BCUT2D eigenvalue weighted by molar-refractivity contribution is 7.07. The molecule has 0 aliphatic rings. The molecule has 104 valence electrons. The molecule has 0 aromatic carbocycles. The quantitative estimate of drug-likeness (QED) is 0.733. The van der Waals surface area contributed by atoms with Gasteiger partial charge in [-0.25, -0.2) is 4.98 Å². The van der Waals surface area contributed by atoms with Crippen LogP contribution >= 0.6 is 11.3 Å². The van der Waals surface area contributed by atoms with Crippen LogP contribution in [0.25, 0.3) is 11.0 Å². The Morgan fingerprint density at radius 1 is 1.35 bits per heavy atom. The Bertz CT molecular complexity index is 700. The minimum atomic E-state index is 0.849. The van der Waals surface area contributed by atoms with Gasteiger partial charge in [0.1, 0.15) is 0 Å². The standard InChI is InChI=1S/C15H18N4S/c1-11-14-7-13(9-17-15(14)19(2)18-11)8-16-5-3-12-4-6-20-10-12/h4,6-7,9-10,16H,3,5,8H2,1-2H3. The van der Waals surface area contributed by atoms with Gasteiger partial charge in [0.05, 0.1) is 5.69 Å². The fraction of sp³-hybridized carbons (Fsp3) is 0.333. The number of pyridine rings is 1. The van der Waals surface area contributed by atoms with Crippen LogP contribution in [0.1, 0.15) is 16.8 Å².